The Morgan fingerprint density at radius 1 is 1.08 bits per heavy atom. The standard InChI is InChI=1S/C18H18N2O4/c1-24-16-8-4-13(5-9-16)10-11-19-18(23)20-15-6-2-14(3-7-15)12-17(21)22/h2-11H,12H2,1H3,(H,21,22)(H2,19,20,23)/b11-10+. The second-order valence-corrected chi connectivity index (χ2v) is 4.97. The number of carbonyl (C=O) groups is 2. The topological polar surface area (TPSA) is 87.7 Å². The fourth-order valence-corrected chi connectivity index (χ4v) is 1.98. The molecule has 0 saturated heterocycles. The number of methoxy groups -OCH3 is 1. The molecule has 0 unspecified atom stereocenters. The van der Waals surface area contributed by atoms with Crippen molar-refractivity contribution in [3.8, 4) is 5.75 Å². The number of hydrogen-bond donors (Lipinski definition) is 3. The van der Waals surface area contributed by atoms with Crippen LogP contribution in [0.15, 0.2) is 54.7 Å². The Balaban J connectivity index is 1.83. The normalized spacial score (nSPS) is 10.4. The molecule has 0 aliphatic heterocycles. The first kappa shape index (κ1) is 17.1. The third-order valence-corrected chi connectivity index (χ3v) is 3.17. The largest absolute Gasteiger partial charge is 0.497 e. The van der Waals surface area contributed by atoms with E-state index in [9.17, 15) is 9.59 Å². The van der Waals surface area contributed by atoms with Gasteiger partial charge in [-0.25, -0.2) is 4.79 Å². The molecule has 0 atom stereocenters. The average molecular weight is 326 g/mol. The van der Waals surface area contributed by atoms with Gasteiger partial charge in [0.1, 0.15) is 5.75 Å². The predicted octanol–water partition coefficient (Wildman–Crippen LogP) is 3.11. The molecule has 6 nitrogen and oxygen atoms in total. The number of benzene rings is 2. The summed E-state index contributed by atoms with van der Waals surface area (Å²) < 4.78 is 5.07. The Bertz CT molecular complexity index is 722. The monoisotopic (exact) mass is 326 g/mol. The first-order chi connectivity index (χ1) is 11.6. The molecule has 0 fully saturated rings. The maximum atomic E-state index is 11.8. The van der Waals surface area contributed by atoms with Gasteiger partial charge in [-0.2, -0.15) is 0 Å². The molecular weight excluding hydrogens is 308 g/mol. The summed E-state index contributed by atoms with van der Waals surface area (Å²) in [6, 6.07) is 13.7. The van der Waals surface area contributed by atoms with E-state index >= 15 is 0 Å². The zero-order valence-corrected chi connectivity index (χ0v) is 13.2. The SMILES string of the molecule is COc1ccc(/C=C/NC(=O)Nc2ccc(CC(=O)O)cc2)cc1. The Hall–Kier alpha value is -3.28. The minimum atomic E-state index is -0.892. The zero-order chi connectivity index (χ0) is 17.4. The van der Waals surface area contributed by atoms with Gasteiger partial charge < -0.3 is 20.5 Å². The molecule has 3 N–H and O–H groups in total. The van der Waals surface area contributed by atoms with Gasteiger partial charge in [-0.1, -0.05) is 24.3 Å². The number of anilines is 1. The van der Waals surface area contributed by atoms with E-state index in [0.29, 0.717) is 11.3 Å². The van der Waals surface area contributed by atoms with Crippen molar-refractivity contribution in [1.29, 1.82) is 0 Å². The lowest BCUT2D eigenvalue weighted by Crippen LogP contribution is -2.23. The molecule has 2 amide bonds. The minimum absolute atomic E-state index is 0.0446. The first-order valence-corrected chi connectivity index (χ1v) is 7.25. The number of ether oxygens (including phenoxy) is 1. The van der Waals surface area contributed by atoms with Crippen molar-refractivity contribution in [2.75, 3.05) is 12.4 Å². The van der Waals surface area contributed by atoms with E-state index in [4.69, 9.17) is 9.84 Å². The van der Waals surface area contributed by atoms with Crippen LogP contribution in [0.5, 0.6) is 5.75 Å². The molecule has 2 aromatic rings. The molecule has 2 aromatic carbocycles. The maximum absolute atomic E-state index is 11.8. The summed E-state index contributed by atoms with van der Waals surface area (Å²) in [7, 11) is 1.60. The number of rotatable bonds is 6. The minimum Gasteiger partial charge on any atom is -0.497 e. The molecular formula is C18H18N2O4. The van der Waals surface area contributed by atoms with Crippen molar-refractivity contribution in [1.82, 2.24) is 5.32 Å². The molecule has 6 heteroatoms. The summed E-state index contributed by atoms with van der Waals surface area (Å²) in [4.78, 5) is 22.4. The molecule has 0 saturated carbocycles. The number of carboxylic acids is 1. The third-order valence-electron chi connectivity index (χ3n) is 3.17. The van der Waals surface area contributed by atoms with Gasteiger partial charge in [0.2, 0.25) is 0 Å². The number of hydrogen-bond acceptors (Lipinski definition) is 3. The van der Waals surface area contributed by atoms with Crippen molar-refractivity contribution in [2.45, 2.75) is 6.42 Å². The number of amides is 2. The second-order valence-electron chi connectivity index (χ2n) is 4.97. The van der Waals surface area contributed by atoms with Crippen LogP contribution >= 0.6 is 0 Å². The highest BCUT2D eigenvalue weighted by molar-refractivity contribution is 5.90. The third kappa shape index (κ3) is 5.49. The highest BCUT2D eigenvalue weighted by atomic mass is 16.5. The highest BCUT2D eigenvalue weighted by Gasteiger charge is 2.02. The van der Waals surface area contributed by atoms with Crippen LogP contribution in [0.3, 0.4) is 0 Å². The lowest BCUT2D eigenvalue weighted by Gasteiger charge is -2.05. The maximum Gasteiger partial charge on any atom is 0.323 e. The molecule has 2 rings (SSSR count). The van der Waals surface area contributed by atoms with Gasteiger partial charge in [0.25, 0.3) is 0 Å². The van der Waals surface area contributed by atoms with Crippen LogP contribution in [0.1, 0.15) is 11.1 Å². The Kier molecular flexibility index (Phi) is 5.96. The van der Waals surface area contributed by atoms with E-state index < -0.39 is 5.97 Å². The fraction of sp³-hybridized carbons (Fsp3) is 0.111. The van der Waals surface area contributed by atoms with Crippen molar-refractivity contribution in [3.05, 3.63) is 65.9 Å². The number of nitrogens with one attached hydrogen (secondary N) is 2. The number of aliphatic carboxylic acids is 1. The van der Waals surface area contributed by atoms with Gasteiger partial charge in [-0.05, 0) is 41.5 Å². The summed E-state index contributed by atoms with van der Waals surface area (Å²) >= 11 is 0. The van der Waals surface area contributed by atoms with Crippen LogP contribution in [0.25, 0.3) is 6.08 Å². The van der Waals surface area contributed by atoms with Crippen LogP contribution in [0.4, 0.5) is 10.5 Å². The zero-order valence-electron chi connectivity index (χ0n) is 13.2. The van der Waals surface area contributed by atoms with Crippen LogP contribution in [0, 0.1) is 0 Å². The van der Waals surface area contributed by atoms with Gasteiger partial charge in [0, 0.05) is 11.9 Å². The summed E-state index contributed by atoms with van der Waals surface area (Å²) in [5.41, 5.74) is 2.18. The molecule has 124 valence electrons. The summed E-state index contributed by atoms with van der Waals surface area (Å²) in [6.45, 7) is 0. The molecule has 0 radical (unpaired) electrons. The molecule has 0 aromatic heterocycles. The van der Waals surface area contributed by atoms with E-state index in [2.05, 4.69) is 10.6 Å². The number of carbonyl (C=O) groups excluding carboxylic acids is 1. The molecule has 24 heavy (non-hydrogen) atoms. The van der Waals surface area contributed by atoms with E-state index in [0.717, 1.165) is 11.3 Å². The van der Waals surface area contributed by atoms with Crippen molar-refractivity contribution in [3.63, 3.8) is 0 Å². The average Bonchev–Trinajstić information content (AvgIpc) is 2.57. The summed E-state index contributed by atoms with van der Waals surface area (Å²) in [6.07, 6.45) is 3.25. The van der Waals surface area contributed by atoms with E-state index in [1.165, 1.54) is 6.20 Å². The molecule has 0 spiro atoms. The van der Waals surface area contributed by atoms with E-state index in [1.807, 2.05) is 24.3 Å². The van der Waals surface area contributed by atoms with E-state index in [1.54, 1.807) is 37.5 Å². The number of carboxylic acid groups (broad SMARTS) is 1. The van der Waals surface area contributed by atoms with E-state index in [-0.39, 0.29) is 12.5 Å². The van der Waals surface area contributed by atoms with Gasteiger partial charge in [-0.15, -0.1) is 0 Å². The predicted molar refractivity (Wildman–Crippen MR) is 92.0 cm³/mol. The summed E-state index contributed by atoms with van der Waals surface area (Å²) in [5, 5.41) is 14.0. The molecule has 0 heterocycles. The van der Waals surface area contributed by atoms with Crippen molar-refractivity contribution < 1.29 is 19.4 Å². The summed E-state index contributed by atoms with van der Waals surface area (Å²) in [5.74, 6) is -0.124. The first-order valence-electron chi connectivity index (χ1n) is 7.25. The second kappa shape index (κ2) is 8.38. The molecule has 0 aliphatic carbocycles. The molecule has 0 aliphatic rings. The Morgan fingerprint density at radius 2 is 1.75 bits per heavy atom. The molecule has 0 bridgehead atoms. The Morgan fingerprint density at radius 3 is 2.33 bits per heavy atom. The van der Waals surface area contributed by atoms with Crippen molar-refractivity contribution in [2.24, 2.45) is 0 Å². The van der Waals surface area contributed by atoms with Crippen LogP contribution in [0.2, 0.25) is 0 Å². The van der Waals surface area contributed by atoms with Gasteiger partial charge in [0.05, 0.1) is 13.5 Å². The van der Waals surface area contributed by atoms with Gasteiger partial charge >= 0.3 is 12.0 Å². The van der Waals surface area contributed by atoms with Gasteiger partial charge in [-0.3, -0.25) is 4.79 Å². The lowest BCUT2D eigenvalue weighted by molar-refractivity contribution is -0.136. The van der Waals surface area contributed by atoms with Crippen molar-refractivity contribution >= 4 is 23.8 Å². The highest BCUT2D eigenvalue weighted by Crippen LogP contribution is 2.12. The van der Waals surface area contributed by atoms with Crippen LogP contribution in [-0.4, -0.2) is 24.2 Å². The smallest absolute Gasteiger partial charge is 0.323 e. The lowest BCUT2D eigenvalue weighted by atomic mass is 10.1. The van der Waals surface area contributed by atoms with Crippen LogP contribution in [-0.2, 0) is 11.2 Å². The van der Waals surface area contributed by atoms with Gasteiger partial charge in [0.15, 0.2) is 0 Å². The van der Waals surface area contributed by atoms with Crippen LogP contribution < -0.4 is 15.4 Å². The fourth-order valence-electron chi connectivity index (χ4n) is 1.98. The quantitative estimate of drug-likeness (QED) is 0.761. The number of urea groups is 1. The Labute approximate surface area is 139 Å².